The van der Waals surface area contributed by atoms with Gasteiger partial charge >= 0.3 is 5.97 Å². The number of nitrogens with one attached hydrogen (secondary N) is 1. The minimum Gasteiger partial charge on any atom is -0.480 e. The molecule has 0 fully saturated rings. The molecule has 24 heavy (non-hydrogen) atoms. The number of aliphatic carboxylic acids is 1. The fourth-order valence-electron chi connectivity index (χ4n) is 2.02. The molecule has 0 spiro atoms. The van der Waals surface area contributed by atoms with E-state index in [4.69, 9.17) is 5.11 Å². The van der Waals surface area contributed by atoms with E-state index in [2.05, 4.69) is 5.32 Å². The molecule has 1 aromatic carbocycles. The third kappa shape index (κ3) is 9.00. The first kappa shape index (κ1) is 24.0. The fraction of sp³-hybridized carbons (Fsp3) is 0.421. The Hall–Kier alpha value is -2.27. The second-order valence-corrected chi connectivity index (χ2v) is 5.11. The molecule has 0 amide bonds. The predicted octanol–water partition coefficient (Wildman–Crippen LogP) is 2.82. The summed E-state index contributed by atoms with van der Waals surface area (Å²) in [5, 5.41) is 11.8. The predicted molar refractivity (Wildman–Crippen MR) is 97.2 cm³/mol. The molecule has 134 valence electrons. The number of carboxylic acid groups (broad SMARTS) is 1. The number of ketones is 2. The number of aryl methyl sites for hydroxylation is 1. The van der Waals surface area contributed by atoms with E-state index in [-0.39, 0.29) is 26.4 Å². The zero-order chi connectivity index (χ0) is 16.5. The van der Waals surface area contributed by atoms with Crippen LogP contribution in [0.5, 0.6) is 0 Å². The number of rotatable bonds is 9. The number of benzene rings is 1. The second kappa shape index (κ2) is 12.2. The van der Waals surface area contributed by atoms with Gasteiger partial charge in [0, 0.05) is 6.42 Å². The Balaban J connectivity index is 0. The molecule has 0 heterocycles. The number of hydrogen-bond acceptors (Lipinski definition) is 4. The second-order valence-electron chi connectivity index (χ2n) is 5.11. The highest BCUT2D eigenvalue weighted by Gasteiger charge is 2.15. The van der Waals surface area contributed by atoms with E-state index in [0.29, 0.717) is 19.3 Å². The number of carbonyl (C=O) groups excluding carboxylic acids is 2. The highest BCUT2D eigenvalue weighted by Crippen LogP contribution is 2.10. The Morgan fingerprint density at radius 2 is 1.79 bits per heavy atom. The summed E-state index contributed by atoms with van der Waals surface area (Å²) in [6, 6.07) is 6.91. The molecule has 0 saturated heterocycles. The number of carboxylic acids is 1. The van der Waals surface area contributed by atoms with Crippen LogP contribution >= 0.6 is 0 Å². The van der Waals surface area contributed by atoms with Crippen LogP contribution in [-0.2, 0) is 27.2 Å². The van der Waals surface area contributed by atoms with Crippen LogP contribution in [0, 0.1) is 0 Å². The van der Waals surface area contributed by atoms with Gasteiger partial charge in [0.15, 0.2) is 11.6 Å². The Labute approximate surface area is 144 Å². The molecule has 0 bridgehead atoms. The average molecular weight is 335 g/mol. The molecule has 0 aliphatic carbocycles. The molecule has 2 N–H and O–H groups in total. The minimum atomic E-state index is -0.891. The molecule has 1 aromatic rings. The summed E-state index contributed by atoms with van der Waals surface area (Å²) >= 11 is 0. The van der Waals surface area contributed by atoms with E-state index in [9.17, 15) is 14.4 Å². The van der Waals surface area contributed by atoms with Crippen LogP contribution in [0.25, 0.3) is 0 Å². The highest BCUT2D eigenvalue weighted by molar-refractivity contribution is 5.97. The first-order valence-electron chi connectivity index (χ1n) is 7.11. The molecule has 0 saturated carbocycles. The zero-order valence-electron chi connectivity index (χ0n) is 12.8. The molecular weight excluding hydrogens is 306 g/mol. The van der Waals surface area contributed by atoms with Crippen LogP contribution in [0.15, 0.2) is 36.4 Å². The van der Waals surface area contributed by atoms with Crippen LogP contribution in [0.1, 0.15) is 39.3 Å². The van der Waals surface area contributed by atoms with Crippen molar-refractivity contribution >= 4 is 17.5 Å². The quantitative estimate of drug-likeness (QED) is 0.678. The maximum atomic E-state index is 11.6. The lowest BCUT2D eigenvalue weighted by Crippen LogP contribution is -2.35. The third-order valence-corrected chi connectivity index (χ3v) is 3.24. The van der Waals surface area contributed by atoms with E-state index in [1.807, 2.05) is 24.3 Å². The zero-order valence-corrected chi connectivity index (χ0v) is 12.8. The average Bonchev–Trinajstić information content (AvgIpc) is 2.48. The Morgan fingerprint density at radius 3 is 2.33 bits per heavy atom. The smallest absolute Gasteiger partial charge is 0.321 e. The van der Waals surface area contributed by atoms with Crippen LogP contribution < -0.4 is 5.32 Å². The summed E-state index contributed by atoms with van der Waals surface area (Å²) in [6.45, 7) is 1.40. The van der Waals surface area contributed by atoms with Gasteiger partial charge in [-0.2, -0.15) is 0 Å². The van der Waals surface area contributed by atoms with Crippen molar-refractivity contribution in [2.45, 2.75) is 47.1 Å². The minimum absolute atomic E-state index is 0. The van der Waals surface area contributed by atoms with Gasteiger partial charge in [-0.3, -0.25) is 14.4 Å². The standard InChI is InChI=1S/C17H21NO4.2CH4/c1-12(19)6-8-15(20)9-7-13-4-3-5-14(10-13)11-16(18-2)17(21)22;;/h3-6,8,10,16,18H,7,9,11H2,1-2H3,(H,21,22);2*1H4/b8-6+;;/t16-;;/m0../s1. The summed E-state index contributed by atoms with van der Waals surface area (Å²) in [6.07, 6.45) is 3.84. The van der Waals surface area contributed by atoms with E-state index in [1.54, 1.807) is 7.05 Å². The number of carbonyl (C=O) groups is 3. The lowest BCUT2D eigenvalue weighted by molar-refractivity contribution is -0.139. The fourth-order valence-corrected chi connectivity index (χ4v) is 2.02. The first-order valence-corrected chi connectivity index (χ1v) is 7.11. The van der Waals surface area contributed by atoms with Crippen molar-refractivity contribution in [3.8, 4) is 0 Å². The van der Waals surface area contributed by atoms with E-state index in [0.717, 1.165) is 11.1 Å². The first-order chi connectivity index (χ1) is 10.4. The van der Waals surface area contributed by atoms with Crippen LogP contribution in [-0.4, -0.2) is 35.7 Å². The molecule has 0 aromatic heterocycles. The van der Waals surface area contributed by atoms with Gasteiger partial charge in [0.1, 0.15) is 6.04 Å². The van der Waals surface area contributed by atoms with Crippen molar-refractivity contribution < 1.29 is 19.5 Å². The van der Waals surface area contributed by atoms with Crippen molar-refractivity contribution in [1.82, 2.24) is 5.32 Å². The maximum Gasteiger partial charge on any atom is 0.321 e. The molecule has 0 aliphatic rings. The monoisotopic (exact) mass is 335 g/mol. The van der Waals surface area contributed by atoms with Crippen molar-refractivity contribution in [3.63, 3.8) is 0 Å². The van der Waals surface area contributed by atoms with Crippen LogP contribution in [0.4, 0.5) is 0 Å². The van der Waals surface area contributed by atoms with Gasteiger partial charge < -0.3 is 10.4 Å². The SMILES string of the molecule is C.C.CN[C@@H](Cc1cccc(CCC(=O)/C=C/C(C)=O)c1)C(=O)O. The summed E-state index contributed by atoms with van der Waals surface area (Å²) < 4.78 is 0. The number of likely N-dealkylation sites (N-methyl/N-ethyl adjacent to an activating group) is 1. The van der Waals surface area contributed by atoms with Gasteiger partial charge in [0.25, 0.3) is 0 Å². The molecule has 5 heteroatoms. The molecule has 0 aliphatic heterocycles. The van der Waals surface area contributed by atoms with Crippen molar-refractivity contribution in [2.24, 2.45) is 0 Å². The van der Waals surface area contributed by atoms with Crippen molar-refractivity contribution in [1.29, 1.82) is 0 Å². The molecule has 1 rings (SSSR count). The summed E-state index contributed by atoms with van der Waals surface area (Å²) in [5.41, 5.74) is 1.88. The van der Waals surface area contributed by atoms with Gasteiger partial charge in [-0.25, -0.2) is 0 Å². The number of hydrogen-bond donors (Lipinski definition) is 2. The van der Waals surface area contributed by atoms with Gasteiger partial charge in [-0.05, 0) is 50.1 Å². The van der Waals surface area contributed by atoms with Crippen LogP contribution in [0.3, 0.4) is 0 Å². The van der Waals surface area contributed by atoms with Crippen LogP contribution in [0.2, 0.25) is 0 Å². The number of allylic oxidation sites excluding steroid dienone is 2. The summed E-state index contributed by atoms with van der Waals surface area (Å²) in [5.74, 6) is -1.14. The van der Waals surface area contributed by atoms with Gasteiger partial charge in [0.05, 0.1) is 0 Å². The molecule has 5 nitrogen and oxygen atoms in total. The van der Waals surface area contributed by atoms with E-state index < -0.39 is 12.0 Å². The van der Waals surface area contributed by atoms with Gasteiger partial charge in [0.2, 0.25) is 0 Å². The van der Waals surface area contributed by atoms with Crippen molar-refractivity contribution in [3.05, 3.63) is 47.5 Å². The van der Waals surface area contributed by atoms with E-state index >= 15 is 0 Å². The van der Waals surface area contributed by atoms with Crippen molar-refractivity contribution in [2.75, 3.05) is 7.05 Å². The normalized spacial score (nSPS) is 11.2. The lowest BCUT2D eigenvalue weighted by atomic mass is 10.0. The molecule has 0 unspecified atom stereocenters. The summed E-state index contributed by atoms with van der Waals surface area (Å²) in [4.78, 5) is 33.4. The van der Waals surface area contributed by atoms with Gasteiger partial charge in [-0.1, -0.05) is 39.1 Å². The lowest BCUT2D eigenvalue weighted by Gasteiger charge is -2.11. The third-order valence-electron chi connectivity index (χ3n) is 3.24. The summed E-state index contributed by atoms with van der Waals surface area (Å²) in [7, 11) is 1.61. The highest BCUT2D eigenvalue weighted by atomic mass is 16.4. The Kier molecular flexibility index (Phi) is 12.2. The maximum absolute atomic E-state index is 11.6. The largest absolute Gasteiger partial charge is 0.480 e. The Bertz CT molecular complexity index is 578. The Morgan fingerprint density at radius 1 is 1.17 bits per heavy atom. The van der Waals surface area contributed by atoms with E-state index in [1.165, 1.54) is 19.1 Å². The van der Waals surface area contributed by atoms with Gasteiger partial charge in [-0.15, -0.1) is 0 Å². The topological polar surface area (TPSA) is 83.5 Å². The molecule has 1 atom stereocenters. The molecule has 0 radical (unpaired) electrons. The molecular formula is C19H29NO4.